The third-order valence-corrected chi connectivity index (χ3v) is 5.41. The summed E-state index contributed by atoms with van der Waals surface area (Å²) in [5.41, 5.74) is 9.63. The van der Waals surface area contributed by atoms with Crippen molar-refractivity contribution in [2.45, 2.75) is 18.9 Å². The first kappa shape index (κ1) is 17.8. The predicted molar refractivity (Wildman–Crippen MR) is 112 cm³/mol. The van der Waals surface area contributed by atoms with Gasteiger partial charge in [0.15, 0.2) is 5.65 Å². The lowest BCUT2D eigenvalue weighted by molar-refractivity contribution is 0.498. The number of nitrogens with zero attached hydrogens (tertiary/aromatic N) is 4. The molecule has 1 aliphatic heterocycles. The third kappa shape index (κ3) is 3.45. The van der Waals surface area contributed by atoms with Crippen molar-refractivity contribution in [2.75, 3.05) is 18.0 Å². The standard InChI is InChI=1S/C22H21FN6/c23-18-4-2-1-3-17(18)21-27-19-11-15(13-26-22(19)28-21)14-5-6-20(25-12-14)29-9-7-16(24)8-10-29/h1-6,11-13,16H,7-10,24H2,(H,26,27,28). The largest absolute Gasteiger partial charge is 0.357 e. The van der Waals surface area contributed by atoms with Crippen LogP contribution < -0.4 is 10.6 Å². The second kappa shape index (κ2) is 7.25. The lowest BCUT2D eigenvalue weighted by atomic mass is 10.1. The Kier molecular flexibility index (Phi) is 4.44. The molecule has 1 aromatic carbocycles. The van der Waals surface area contributed by atoms with E-state index in [1.54, 1.807) is 24.4 Å². The predicted octanol–water partition coefficient (Wildman–Crippen LogP) is 3.75. The SMILES string of the molecule is NC1CCN(c2ccc(-c3cnc4nc(-c5ccccc5F)[nH]c4c3)cn2)CC1. The molecule has 3 aromatic heterocycles. The number of fused-ring (bicyclic) bond motifs is 1. The van der Waals surface area contributed by atoms with Crippen LogP contribution in [0.25, 0.3) is 33.7 Å². The van der Waals surface area contributed by atoms with Gasteiger partial charge in [-0.1, -0.05) is 12.1 Å². The summed E-state index contributed by atoms with van der Waals surface area (Å²) in [6.07, 6.45) is 5.62. The van der Waals surface area contributed by atoms with E-state index in [9.17, 15) is 4.39 Å². The molecule has 0 radical (unpaired) electrons. The highest BCUT2D eigenvalue weighted by Gasteiger charge is 2.17. The number of hydrogen-bond acceptors (Lipinski definition) is 5. The van der Waals surface area contributed by atoms with E-state index in [2.05, 4.69) is 24.8 Å². The van der Waals surface area contributed by atoms with E-state index < -0.39 is 0 Å². The van der Waals surface area contributed by atoms with Gasteiger partial charge in [0.25, 0.3) is 0 Å². The van der Waals surface area contributed by atoms with Crippen LogP contribution in [0.15, 0.2) is 54.9 Å². The lowest BCUT2D eigenvalue weighted by Crippen LogP contribution is -2.40. The molecule has 1 saturated heterocycles. The number of hydrogen-bond donors (Lipinski definition) is 2. The lowest BCUT2D eigenvalue weighted by Gasteiger charge is -2.31. The molecule has 4 heterocycles. The van der Waals surface area contributed by atoms with Crippen molar-refractivity contribution in [3.8, 4) is 22.5 Å². The molecular formula is C22H21FN6. The van der Waals surface area contributed by atoms with Crippen molar-refractivity contribution in [2.24, 2.45) is 5.73 Å². The molecule has 3 N–H and O–H groups in total. The van der Waals surface area contributed by atoms with Gasteiger partial charge in [-0.3, -0.25) is 0 Å². The monoisotopic (exact) mass is 388 g/mol. The molecule has 29 heavy (non-hydrogen) atoms. The van der Waals surface area contributed by atoms with Crippen LogP contribution in [0.4, 0.5) is 10.2 Å². The van der Waals surface area contributed by atoms with Gasteiger partial charge in [-0.2, -0.15) is 0 Å². The Morgan fingerprint density at radius 3 is 2.55 bits per heavy atom. The van der Waals surface area contributed by atoms with Crippen molar-refractivity contribution >= 4 is 17.0 Å². The van der Waals surface area contributed by atoms with E-state index in [1.807, 2.05) is 24.4 Å². The van der Waals surface area contributed by atoms with Gasteiger partial charge in [0.05, 0.1) is 11.1 Å². The number of aromatic amines is 1. The van der Waals surface area contributed by atoms with Gasteiger partial charge in [-0.25, -0.2) is 19.3 Å². The number of nitrogens with one attached hydrogen (secondary N) is 1. The number of halogens is 1. The molecular weight excluding hydrogens is 367 g/mol. The number of anilines is 1. The number of nitrogens with two attached hydrogens (primary N) is 1. The molecule has 0 bridgehead atoms. The second-order valence-electron chi connectivity index (χ2n) is 7.39. The summed E-state index contributed by atoms with van der Waals surface area (Å²) in [6.45, 7) is 1.88. The molecule has 0 aliphatic carbocycles. The molecule has 0 amide bonds. The Morgan fingerprint density at radius 1 is 1.00 bits per heavy atom. The zero-order chi connectivity index (χ0) is 19.8. The maximum absolute atomic E-state index is 14.1. The van der Waals surface area contributed by atoms with Gasteiger partial charge >= 0.3 is 0 Å². The smallest absolute Gasteiger partial charge is 0.178 e. The first-order valence-electron chi connectivity index (χ1n) is 9.75. The first-order valence-corrected chi connectivity index (χ1v) is 9.75. The summed E-state index contributed by atoms with van der Waals surface area (Å²) in [5.74, 6) is 1.13. The minimum Gasteiger partial charge on any atom is -0.357 e. The van der Waals surface area contributed by atoms with Crippen LogP contribution in [-0.2, 0) is 0 Å². The zero-order valence-electron chi connectivity index (χ0n) is 15.8. The van der Waals surface area contributed by atoms with E-state index >= 15 is 0 Å². The summed E-state index contributed by atoms with van der Waals surface area (Å²) in [5, 5.41) is 0. The van der Waals surface area contributed by atoms with Crippen LogP contribution in [-0.4, -0.2) is 39.1 Å². The number of piperidine rings is 1. The van der Waals surface area contributed by atoms with Gasteiger partial charge in [-0.15, -0.1) is 0 Å². The van der Waals surface area contributed by atoms with Crippen LogP contribution in [0.3, 0.4) is 0 Å². The fourth-order valence-electron chi connectivity index (χ4n) is 3.71. The normalized spacial score (nSPS) is 15.2. The van der Waals surface area contributed by atoms with Crippen molar-refractivity contribution in [3.63, 3.8) is 0 Å². The van der Waals surface area contributed by atoms with Gasteiger partial charge in [0, 0.05) is 42.7 Å². The van der Waals surface area contributed by atoms with E-state index in [0.717, 1.165) is 48.4 Å². The molecule has 1 fully saturated rings. The second-order valence-corrected chi connectivity index (χ2v) is 7.39. The van der Waals surface area contributed by atoms with E-state index in [0.29, 0.717) is 23.1 Å². The summed E-state index contributed by atoms with van der Waals surface area (Å²) in [7, 11) is 0. The molecule has 4 aromatic rings. The molecule has 0 saturated carbocycles. The van der Waals surface area contributed by atoms with Gasteiger partial charge in [0.1, 0.15) is 17.5 Å². The summed E-state index contributed by atoms with van der Waals surface area (Å²) < 4.78 is 14.1. The Balaban J connectivity index is 1.42. The maximum Gasteiger partial charge on any atom is 0.178 e. The highest BCUT2D eigenvalue weighted by atomic mass is 19.1. The number of pyridine rings is 2. The summed E-state index contributed by atoms with van der Waals surface area (Å²) in [6, 6.07) is 12.9. The topological polar surface area (TPSA) is 83.7 Å². The van der Waals surface area contributed by atoms with E-state index in [4.69, 9.17) is 5.73 Å². The molecule has 0 atom stereocenters. The zero-order valence-corrected chi connectivity index (χ0v) is 15.8. The van der Waals surface area contributed by atoms with Crippen molar-refractivity contribution in [1.29, 1.82) is 0 Å². The number of benzene rings is 1. The van der Waals surface area contributed by atoms with E-state index in [-0.39, 0.29) is 5.82 Å². The summed E-state index contributed by atoms with van der Waals surface area (Å²) in [4.78, 5) is 18.9. The van der Waals surface area contributed by atoms with Crippen LogP contribution in [0.1, 0.15) is 12.8 Å². The molecule has 6 nitrogen and oxygen atoms in total. The van der Waals surface area contributed by atoms with E-state index in [1.165, 1.54) is 6.07 Å². The molecule has 7 heteroatoms. The average molecular weight is 388 g/mol. The number of H-pyrrole nitrogens is 1. The number of imidazole rings is 1. The molecule has 0 unspecified atom stereocenters. The van der Waals surface area contributed by atoms with Gasteiger partial charge < -0.3 is 15.6 Å². The molecule has 0 spiro atoms. The first-order chi connectivity index (χ1) is 14.2. The van der Waals surface area contributed by atoms with Crippen LogP contribution in [0, 0.1) is 5.82 Å². The number of rotatable bonds is 3. The Hall–Kier alpha value is -3.32. The minimum absolute atomic E-state index is 0.298. The van der Waals surface area contributed by atoms with Crippen molar-refractivity contribution in [1.82, 2.24) is 19.9 Å². The van der Waals surface area contributed by atoms with Crippen molar-refractivity contribution < 1.29 is 4.39 Å². The Bertz CT molecular complexity index is 1150. The maximum atomic E-state index is 14.1. The van der Waals surface area contributed by atoms with Crippen molar-refractivity contribution in [3.05, 3.63) is 60.7 Å². The highest BCUT2D eigenvalue weighted by Crippen LogP contribution is 2.26. The Labute approximate surface area is 167 Å². The molecule has 1 aliphatic rings. The van der Waals surface area contributed by atoms with Crippen LogP contribution in [0.2, 0.25) is 0 Å². The fourth-order valence-corrected chi connectivity index (χ4v) is 3.71. The molecule has 5 rings (SSSR count). The van der Waals surface area contributed by atoms with Crippen LogP contribution in [0.5, 0.6) is 0 Å². The Morgan fingerprint density at radius 2 is 1.79 bits per heavy atom. The quantitative estimate of drug-likeness (QED) is 0.558. The minimum atomic E-state index is -0.315. The third-order valence-electron chi connectivity index (χ3n) is 5.41. The van der Waals surface area contributed by atoms with Crippen LogP contribution >= 0.6 is 0 Å². The summed E-state index contributed by atoms with van der Waals surface area (Å²) >= 11 is 0. The highest BCUT2D eigenvalue weighted by molar-refractivity contribution is 5.81. The van der Waals surface area contributed by atoms with Gasteiger partial charge in [0.2, 0.25) is 0 Å². The number of aromatic nitrogens is 4. The average Bonchev–Trinajstić information content (AvgIpc) is 3.18. The molecule has 146 valence electrons. The van der Waals surface area contributed by atoms with Gasteiger partial charge in [-0.05, 0) is 43.2 Å². The fraction of sp³-hybridized carbons (Fsp3) is 0.227.